The molecule has 0 aromatic rings. The van der Waals surface area contributed by atoms with E-state index in [2.05, 4.69) is 56.6 Å². The van der Waals surface area contributed by atoms with Crippen LogP contribution in [0, 0.1) is 46.3 Å². The summed E-state index contributed by atoms with van der Waals surface area (Å²) in [5.41, 5.74) is 2.98. The summed E-state index contributed by atoms with van der Waals surface area (Å²) >= 11 is 3.93. The summed E-state index contributed by atoms with van der Waals surface area (Å²) in [6, 6.07) is 0. The topological polar surface area (TPSA) is 0 Å². The largest absolute Gasteiger partial charge is 0.0887 e. The summed E-state index contributed by atoms with van der Waals surface area (Å²) in [7, 11) is 0. The fourth-order valence-electron chi connectivity index (χ4n) is 8.64. The average Bonchev–Trinajstić information content (AvgIpc) is 2.99. The van der Waals surface area contributed by atoms with E-state index >= 15 is 0 Å². The molecule has 160 valence electrons. The molecule has 0 N–H and O–H groups in total. The molecule has 1 heteroatoms. The second-order valence-corrected chi connectivity index (χ2v) is 13.4. The third-order valence-corrected chi connectivity index (χ3v) is 11.0. The first-order valence-electron chi connectivity index (χ1n) is 12.6. The van der Waals surface area contributed by atoms with Gasteiger partial charge in [-0.3, -0.25) is 0 Å². The van der Waals surface area contributed by atoms with E-state index < -0.39 is 0 Å². The molecule has 28 heavy (non-hydrogen) atoms. The van der Waals surface area contributed by atoms with Crippen molar-refractivity contribution in [1.82, 2.24) is 0 Å². The van der Waals surface area contributed by atoms with Crippen LogP contribution in [0.3, 0.4) is 0 Å². The quantitative estimate of drug-likeness (QED) is 0.291. The number of allylic oxidation sites excluding steroid dienone is 2. The predicted octanol–water partition coefficient (Wildman–Crippen LogP) is 8.79. The van der Waals surface area contributed by atoms with E-state index in [4.69, 9.17) is 0 Å². The molecule has 0 amide bonds. The lowest BCUT2D eigenvalue weighted by Crippen LogP contribution is -2.50. The van der Waals surface area contributed by atoms with Crippen molar-refractivity contribution in [2.75, 3.05) is 0 Å². The van der Waals surface area contributed by atoms with E-state index in [9.17, 15) is 0 Å². The highest BCUT2D eigenvalue weighted by molar-refractivity contribution is 9.09. The smallest absolute Gasteiger partial charge is 0.0183 e. The van der Waals surface area contributed by atoms with Gasteiger partial charge in [0, 0.05) is 4.83 Å². The third kappa shape index (κ3) is 3.58. The molecule has 0 radical (unpaired) electrons. The number of fused-ring (bicyclic) bond motifs is 5. The van der Waals surface area contributed by atoms with Crippen molar-refractivity contribution in [2.45, 2.75) is 110 Å². The van der Waals surface area contributed by atoms with E-state index in [1.807, 2.05) is 5.57 Å². The Morgan fingerprint density at radius 1 is 1.00 bits per heavy atom. The molecule has 4 rings (SSSR count). The molecule has 4 aliphatic rings. The zero-order valence-corrected chi connectivity index (χ0v) is 20.9. The normalized spacial score (nSPS) is 46.5. The molecule has 8 atom stereocenters. The minimum Gasteiger partial charge on any atom is -0.0887 e. The Balaban J connectivity index is 1.49. The highest BCUT2D eigenvalue weighted by Gasteiger charge is 2.58. The summed E-state index contributed by atoms with van der Waals surface area (Å²) in [5, 5.41) is 0. The molecule has 0 aliphatic heterocycles. The molecule has 0 spiro atoms. The lowest BCUT2D eigenvalue weighted by atomic mass is 9.47. The lowest BCUT2D eigenvalue weighted by Gasteiger charge is -2.58. The zero-order valence-electron chi connectivity index (χ0n) is 19.3. The fraction of sp³-hybridized carbons (Fsp3) is 0.926. The van der Waals surface area contributed by atoms with E-state index in [0.717, 1.165) is 40.3 Å². The van der Waals surface area contributed by atoms with Crippen LogP contribution in [-0.4, -0.2) is 4.83 Å². The molecule has 3 saturated carbocycles. The first-order valence-corrected chi connectivity index (χ1v) is 13.5. The molecule has 0 saturated heterocycles. The first-order chi connectivity index (χ1) is 13.3. The van der Waals surface area contributed by atoms with Gasteiger partial charge >= 0.3 is 0 Å². The molecule has 0 aromatic carbocycles. The highest BCUT2D eigenvalue weighted by Crippen LogP contribution is 2.67. The molecule has 0 nitrogen and oxygen atoms in total. The van der Waals surface area contributed by atoms with E-state index in [1.165, 1.54) is 70.6 Å². The van der Waals surface area contributed by atoms with Crippen LogP contribution in [0.5, 0.6) is 0 Å². The van der Waals surface area contributed by atoms with Gasteiger partial charge in [-0.25, -0.2) is 0 Å². The van der Waals surface area contributed by atoms with Crippen molar-refractivity contribution >= 4 is 15.9 Å². The van der Waals surface area contributed by atoms with Gasteiger partial charge in [0.15, 0.2) is 0 Å². The Morgan fingerprint density at radius 3 is 2.54 bits per heavy atom. The van der Waals surface area contributed by atoms with E-state index in [-0.39, 0.29) is 0 Å². The van der Waals surface area contributed by atoms with Crippen molar-refractivity contribution in [1.29, 1.82) is 0 Å². The van der Waals surface area contributed by atoms with Crippen LogP contribution >= 0.6 is 15.9 Å². The molecule has 4 unspecified atom stereocenters. The lowest BCUT2D eigenvalue weighted by molar-refractivity contribution is -0.0496. The van der Waals surface area contributed by atoms with Crippen molar-refractivity contribution < 1.29 is 0 Å². The molecule has 0 bridgehead atoms. The highest BCUT2D eigenvalue weighted by atomic mass is 79.9. The average molecular weight is 450 g/mol. The van der Waals surface area contributed by atoms with Crippen molar-refractivity contribution in [2.24, 2.45) is 46.3 Å². The summed E-state index contributed by atoms with van der Waals surface area (Å²) in [4.78, 5) is 0.736. The maximum Gasteiger partial charge on any atom is 0.0183 e. The number of alkyl halides is 1. The van der Waals surface area contributed by atoms with Crippen LogP contribution < -0.4 is 0 Å². The van der Waals surface area contributed by atoms with Crippen molar-refractivity contribution in [3.05, 3.63) is 11.6 Å². The van der Waals surface area contributed by atoms with Crippen molar-refractivity contribution in [3.8, 4) is 0 Å². The van der Waals surface area contributed by atoms with Crippen LogP contribution in [-0.2, 0) is 0 Å². The standard InChI is InChI=1S/C27H45Br/c1-18(2)7-6-8-19(3)23-11-12-24-22-10-9-20-17-21(28)13-15-26(20,4)25(22)14-16-27(23,24)5/h9,18-19,21-25H,6-8,10-17H2,1-5H3/t19-,21+,22+,23?,24+,25?,26?,27?/m1/s1. The number of hydrogen-bond donors (Lipinski definition) is 0. The summed E-state index contributed by atoms with van der Waals surface area (Å²) in [6.45, 7) is 12.7. The summed E-state index contributed by atoms with van der Waals surface area (Å²) in [5.74, 6) is 5.74. The molecule has 0 heterocycles. The Bertz CT molecular complexity index is 591. The van der Waals surface area contributed by atoms with Crippen molar-refractivity contribution in [3.63, 3.8) is 0 Å². The molecule has 3 fully saturated rings. The third-order valence-electron chi connectivity index (χ3n) is 10.2. The SMILES string of the molecule is CC(C)CCC[C@@H](C)C1CC[C@H]2[C@@H]3CC=C4C[C@@H](Br)CCC4(C)C3CCC12C. The van der Waals surface area contributed by atoms with Gasteiger partial charge in [-0.1, -0.05) is 81.5 Å². The summed E-state index contributed by atoms with van der Waals surface area (Å²) < 4.78 is 0. The van der Waals surface area contributed by atoms with Gasteiger partial charge in [-0.2, -0.15) is 0 Å². The van der Waals surface area contributed by atoms with Gasteiger partial charge < -0.3 is 0 Å². The maximum atomic E-state index is 3.93. The van der Waals surface area contributed by atoms with Crippen LogP contribution in [0.2, 0.25) is 0 Å². The first kappa shape index (κ1) is 21.5. The van der Waals surface area contributed by atoms with E-state index in [0.29, 0.717) is 10.8 Å². The molecular weight excluding hydrogens is 404 g/mol. The molecule has 0 aromatic heterocycles. The van der Waals surface area contributed by atoms with Crippen LogP contribution in [0.15, 0.2) is 11.6 Å². The van der Waals surface area contributed by atoms with Crippen LogP contribution in [0.4, 0.5) is 0 Å². The number of hydrogen-bond acceptors (Lipinski definition) is 0. The van der Waals surface area contributed by atoms with Gasteiger partial charge in [-0.05, 0) is 97.7 Å². The molecular formula is C27H45Br. The van der Waals surface area contributed by atoms with Gasteiger partial charge in [0.2, 0.25) is 0 Å². The van der Waals surface area contributed by atoms with E-state index in [1.54, 1.807) is 0 Å². The number of halogens is 1. The second-order valence-electron chi connectivity index (χ2n) is 12.1. The Labute approximate surface area is 183 Å². The molecule has 4 aliphatic carbocycles. The van der Waals surface area contributed by atoms with Gasteiger partial charge in [0.25, 0.3) is 0 Å². The van der Waals surface area contributed by atoms with Crippen LogP contribution in [0.25, 0.3) is 0 Å². The van der Waals surface area contributed by atoms with Gasteiger partial charge in [0.05, 0.1) is 0 Å². The zero-order chi connectivity index (χ0) is 20.1. The predicted molar refractivity (Wildman–Crippen MR) is 126 cm³/mol. The second kappa shape index (κ2) is 8.05. The van der Waals surface area contributed by atoms with Crippen LogP contribution in [0.1, 0.15) is 105 Å². The Morgan fingerprint density at radius 2 is 1.79 bits per heavy atom. The maximum absolute atomic E-state index is 3.93. The summed E-state index contributed by atoms with van der Waals surface area (Å²) in [6.07, 6.45) is 18.6. The minimum atomic E-state index is 0.523. The van der Waals surface area contributed by atoms with Gasteiger partial charge in [-0.15, -0.1) is 0 Å². The Kier molecular flexibility index (Phi) is 6.17. The van der Waals surface area contributed by atoms with Gasteiger partial charge in [0.1, 0.15) is 0 Å². The fourth-order valence-corrected chi connectivity index (χ4v) is 9.22. The Hall–Kier alpha value is 0.220. The minimum absolute atomic E-state index is 0.523. The number of rotatable bonds is 5. The monoisotopic (exact) mass is 448 g/mol.